The number of carbonyl (C=O) groups is 2. The number of rotatable bonds is 8. The Morgan fingerprint density at radius 2 is 2.04 bits per heavy atom. The van der Waals surface area contributed by atoms with E-state index >= 15 is 0 Å². The molecule has 7 rings (SSSR count). The number of nitrogens with zero attached hydrogens (tertiary/aromatic N) is 5. The van der Waals surface area contributed by atoms with Crippen molar-refractivity contribution in [1.29, 1.82) is 0 Å². The molecule has 1 aliphatic heterocycles. The molecule has 2 amide bonds. The highest BCUT2D eigenvalue weighted by Crippen LogP contribution is 2.31. The smallest absolute Gasteiger partial charge is 0.251 e. The second kappa shape index (κ2) is 12.3. The molecule has 0 aliphatic carbocycles. The van der Waals surface area contributed by atoms with E-state index in [1.165, 1.54) is 24.5 Å². The van der Waals surface area contributed by atoms with Crippen molar-refractivity contribution in [3.8, 4) is 17.0 Å². The number of aromatic nitrogens is 5. The van der Waals surface area contributed by atoms with Crippen LogP contribution in [-0.4, -0.2) is 67.4 Å². The summed E-state index contributed by atoms with van der Waals surface area (Å²) in [6.45, 7) is 0.466. The third-order valence-electron chi connectivity index (χ3n) is 8.36. The van der Waals surface area contributed by atoms with Crippen molar-refractivity contribution < 1.29 is 18.7 Å². The van der Waals surface area contributed by atoms with Gasteiger partial charge in [0.2, 0.25) is 5.91 Å². The van der Waals surface area contributed by atoms with Crippen LogP contribution in [0.25, 0.3) is 33.1 Å². The van der Waals surface area contributed by atoms with Crippen molar-refractivity contribution in [3.63, 3.8) is 0 Å². The summed E-state index contributed by atoms with van der Waals surface area (Å²) in [7, 11) is 3.37. The predicted molar refractivity (Wildman–Crippen MR) is 174 cm³/mol. The summed E-state index contributed by atoms with van der Waals surface area (Å²) in [6, 6.07) is 15.2. The SMILES string of the molecule is COc1cccc(F)c1CN1C[C@H](NC(=O)c2ccc3[nH]nc(-c4ccc5nn(C)cc5c4)c3c2)CC[C@H]1C(=O)Nc1nccs1. The van der Waals surface area contributed by atoms with Crippen LogP contribution in [0.4, 0.5) is 9.52 Å². The summed E-state index contributed by atoms with van der Waals surface area (Å²) in [5.41, 5.74) is 4.21. The fourth-order valence-electron chi connectivity index (χ4n) is 6.13. The number of anilines is 1. The maximum absolute atomic E-state index is 15.0. The molecule has 3 aromatic carbocycles. The molecule has 0 radical (unpaired) electrons. The van der Waals surface area contributed by atoms with Crippen molar-refractivity contribution in [1.82, 2.24) is 35.2 Å². The van der Waals surface area contributed by atoms with Crippen LogP contribution in [0.1, 0.15) is 28.8 Å². The van der Waals surface area contributed by atoms with E-state index in [0.717, 1.165) is 33.1 Å². The first-order chi connectivity index (χ1) is 22.4. The lowest BCUT2D eigenvalue weighted by Crippen LogP contribution is -2.55. The Labute approximate surface area is 267 Å². The Bertz CT molecular complexity index is 2060. The van der Waals surface area contributed by atoms with Crippen molar-refractivity contribution >= 4 is 50.1 Å². The molecule has 0 bridgehead atoms. The van der Waals surface area contributed by atoms with Gasteiger partial charge in [0.05, 0.1) is 29.9 Å². The first kappa shape index (κ1) is 29.6. The lowest BCUT2D eigenvalue weighted by atomic mass is 9.96. The molecule has 13 heteroatoms. The lowest BCUT2D eigenvalue weighted by molar-refractivity contribution is -0.123. The van der Waals surface area contributed by atoms with Gasteiger partial charge in [-0.05, 0) is 55.3 Å². The number of H-pyrrole nitrogens is 1. The molecule has 3 N–H and O–H groups in total. The number of fused-ring (bicyclic) bond motifs is 2. The second-order valence-corrected chi connectivity index (χ2v) is 12.2. The van der Waals surface area contributed by atoms with Crippen molar-refractivity contribution in [2.75, 3.05) is 19.0 Å². The molecule has 0 spiro atoms. The van der Waals surface area contributed by atoms with E-state index in [-0.39, 0.29) is 24.4 Å². The van der Waals surface area contributed by atoms with E-state index in [9.17, 15) is 14.0 Å². The molecule has 0 unspecified atom stereocenters. The minimum Gasteiger partial charge on any atom is -0.496 e. The molecule has 4 heterocycles. The van der Waals surface area contributed by atoms with E-state index in [0.29, 0.717) is 41.4 Å². The van der Waals surface area contributed by atoms with Gasteiger partial charge in [0.1, 0.15) is 11.6 Å². The van der Waals surface area contributed by atoms with Crippen LogP contribution in [0.3, 0.4) is 0 Å². The molecule has 1 aliphatic rings. The third-order valence-corrected chi connectivity index (χ3v) is 9.05. The molecule has 2 atom stereocenters. The van der Waals surface area contributed by atoms with Gasteiger partial charge in [0, 0.05) is 71.4 Å². The number of aromatic amines is 1. The van der Waals surface area contributed by atoms with E-state index in [1.807, 2.05) is 48.5 Å². The number of likely N-dealkylation sites (tertiary alicyclic amines) is 1. The number of ether oxygens (including phenoxy) is 1. The summed E-state index contributed by atoms with van der Waals surface area (Å²) in [6.07, 6.45) is 4.60. The van der Waals surface area contributed by atoms with Crippen LogP contribution in [-0.2, 0) is 18.4 Å². The summed E-state index contributed by atoms with van der Waals surface area (Å²) in [4.78, 5) is 33.0. The molecule has 1 fully saturated rings. The number of thiazole rings is 1. The normalized spacial score (nSPS) is 16.9. The average molecular weight is 639 g/mol. The predicted octanol–water partition coefficient (Wildman–Crippen LogP) is 5.12. The van der Waals surface area contributed by atoms with Gasteiger partial charge in [-0.15, -0.1) is 11.3 Å². The highest BCUT2D eigenvalue weighted by molar-refractivity contribution is 7.13. The molecular weight excluding hydrogens is 607 g/mol. The number of carbonyl (C=O) groups excluding carboxylic acids is 2. The number of nitrogens with one attached hydrogen (secondary N) is 3. The molecule has 11 nitrogen and oxygen atoms in total. The standard InChI is InChI=1S/C33H31FN8O3S/c1-41-16-21-14-19(6-9-26(21)40-41)30-23-15-20(7-10-27(23)38-39-30)31(43)36-22-8-11-28(32(44)37-33-35-12-13-46-33)42(17-22)18-24-25(34)4-3-5-29(24)45-2/h3-7,9-10,12-16,22,28H,8,11,17-18H2,1-2H3,(H,36,43)(H,38,39)(H,35,37,44)/t22-,28+/m1/s1. The second-order valence-electron chi connectivity index (χ2n) is 11.3. The van der Waals surface area contributed by atoms with E-state index in [1.54, 1.807) is 34.5 Å². The van der Waals surface area contributed by atoms with Crippen LogP contribution < -0.4 is 15.4 Å². The number of methoxy groups -OCH3 is 1. The topological polar surface area (TPSA) is 130 Å². The Morgan fingerprint density at radius 1 is 1.15 bits per heavy atom. The van der Waals surface area contributed by atoms with Crippen LogP contribution >= 0.6 is 11.3 Å². The van der Waals surface area contributed by atoms with E-state index in [2.05, 4.69) is 30.9 Å². The zero-order valence-corrected chi connectivity index (χ0v) is 26.0. The number of halogens is 1. The van der Waals surface area contributed by atoms with Crippen LogP contribution in [0.15, 0.2) is 72.4 Å². The fourth-order valence-corrected chi connectivity index (χ4v) is 6.67. The fraction of sp³-hybridized carbons (Fsp3) is 0.242. The summed E-state index contributed by atoms with van der Waals surface area (Å²) >= 11 is 1.33. The molecule has 3 aromatic heterocycles. The van der Waals surface area contributed by atoms with Crippen LogP contribution in [0, 0.1) is 5.82 Å². The monoisotopic (exact) mass is 638 g/mol. The van der Waals surface area contributed by atoms with Gasteiger partial charge in [0.25, 0.3) is 5.91 Å². The molecule has 0 saturated carbocycles. The zero-order chi connectivity index (χ0) is 31.8. The average Bonchev–Trinajstić information content (AvgIpc) is 3.81. The van der Waals surface area contributed by atoms with Gasteiger partial charge in [-0.25, -0.2) is 9.37 Å². The van der Waals surface area contributed by atoms with Gasteiger partial charge < -0.3 is 15.4 Å². The van der Waals surface area contributed by atoms with Crippen LogP contribution in [0.5, 0.6) is 5.75 Å². The van der Waals surface area contributed by atoms with Gasteiger partial charge in [0.15, 0.2) is 5.13 Å². The van der Waals surface area contributed by atoms with Crippen molar-refractivity contribution in [3.05, 3.63) is 89.3 Å². The van der Waals surface area contributed by atoms with Crippen molar-refractivity contribution in [2.24, 2.45) is 7.05 Å². The van der Waals surface area contributed by atoms with Gasteiger partial charge in [-0.3, -0.25) is 24.3 Å². The van der Waals surface area contributed by atoms with E-state index < -0.39 is 11.9 Å². The molecule has 234 valence electrons. The molecule has 46 heavy (non-hydrogen) atoms. The first-order valence-corrected chi connectivity index (χ1v) is 15.7. The number of aryl methyl sites for hydroxylation is 1. The lowest BCUT2D eigenvalue weighted by Gasteiger charge is -2.39. The van der Waals surface area contributed by atoms with Crippen molar-refractivity contribution in [2.45, 2.75) is 31.5 Å². The van der Waals surface area contributed by atoms with Gasteiger partial charge in [-0.2, -0.15) is 10.2 Å². The van der Waals surface area contributed by atoms with Crippen LogP contribution in [0.2, 0.25) is 0 Å². The summed E-state index contributed by atoms with van der Waals surface area (Å²) < 4.78 is 22.2. The van der Waals surface area contributed by atoms with Gasteiger partial charge in [-0.1, -0.05) is 12.1 Å². The Hall–Kier alpha value is -5.14. The van der Waals surface area contributed by atoms with Gasteiger partial charge >= 0.3 is 0 Å². The number of hydrogen-bond acceptors (Lipinski definition) is 8. The Balaban J connectivity index is 1.12. The maximum Gasteiger partial charge on any atom is 0.251 e. The zero-order valence-electron chi connectivity index (χ0n) is 25.2. The summed E-state index contributed by atoms with van der Waals surface area (Å²) in [5.74, 6) is -0.484. The summed E-state index contributed by atoms with van der Waals surface area (Å²) in [5, 5.41) is 22.2. The molecule has 1 saturated heterocycles. The number of benzene rings is 3. The maximum atomic E-state index is 15.0. The number of hydrogen-bond donors (Lipinski definition) is 3. The molecule has 6 aromatic rings. The van der Waals surface area contributed by atoms with E-state index in [4.69, 9.17) is 4.74 Å². The molecular formula is C33H31FN8O3S. The third kappa shape index (κ3) is 5.82. The quantitative estimate of drug-likeness (QED) is 0.211. The highest BCUT2D eigenvalue weighted by Gasteiger charge is 2.35. The minimum atomic E-state index is -0.552. The Kier molecular flexibility index (Phi) is 7.93. The number of piperidine rings is 1. The first-order valence-electron chi connectivity index (χ1n) is 14.8. The minimum absolute atomic E-state index is 0.129. The number of amides is 2. The Morgan fingerprint density at radius 3 is 2.87 bits per heavy atom. The largest absolute Gasteiger partial charge is 0.496 e. The highest BCUT2D eigenvalue weighted by atomic mass is 32.1.